The fraction of sp³-hybridized carbons (Fsp3) is 0.947. The van der Waals surface area contributed by atoms with Gasteiger partial charge in [0, 0.05) is 25.7 Å². The zero-order valence-electron chi connectivity index (χ0n) is 62.1. The molecule has 0 spiro atoms. The van der Waals surface area contributed by atoms with Gasteiger partial charge in [0.25, 0.3) is 0 Å². The van der Waals surface area contributed by atoms with Gasteiger partial charge in [-0.1, -0.05) is 337 Å². The highest BCUT2D eigenvalue weighted by molar-refractivity contribution is 7.47. The van der Waals surface area contributed by atoms with Gasteiger partial charge in [0.2, 0.25) is 0 Å². The minimum Gasteiger partial charge on any atom is -0.462 e. The van der Waals surface area contributed by atoms with Gasteiger partial charge in [-0.15, -0.1) is 0 Å². The molecule has 0 aromatic rings. The number of phosphoric ester groups is 2. The third kappa shape index (κ3) is 70.3. The molecule has 0 aromatic carbocycles. The molecule has 19 heteroatoms. The molecule has 0 saturated carbocycles. The normalized spacial score (nSPS) is 14.1. The van der Waals surface area contributed by atoms with Crippen LogP contribution in [0.3, 0.4) is 0 Å². The topological polar surface area (TPSA) is 237 Å². The fourth-order valence-corrected chi connectivity index (χ4v) is 13.2. The summed E-state index contributed by atoms with van der Waals surface area (Å²) in [6.45, 7) is 11.8. The minimum absolute atomic E-state index is 0.105. The molecule has 5 atom stereocenters. The van der Waals surface area contributed by atoms with Crippen molar-refractivity contribution < 1.29 is 80.2 Å². The smallest absolute Gasteiger partial charge is 0.462 e. The quantitative estimate of drug-likeness (QED) is 0.0222. The molecule has 3 N–H and O–H groups in total. The number of phosphoric acid groups is 2. The van der Waals surface area contributed by atoms with Crippen molar-refractivity contribution in [1.82, 2.24) is 0 Å². The standard InChI is InChI=1S/C76H148O17P2/c1-8-9-10-11-12-13-14-15-17-21-24-30-35-43-50-57-73(78)86-63-71(92-75(80)59-52-45-36-31-25-22-19-16-18-20-23-28-33-40-47-54-67(2)3)65-90-94(82,83)88-61-70(77)62-89-95(84,85)91-66-72(64-87-74(79)58-51-44-39-38-42-49-56-69(6)7)93-76(81)60-53-46-37-32-27-26-29-34-41-48-55-68(4)5/h67-72,77H,8-66H2,1-7H3,(H,82,83)(H,84,85)/t70-,71-,72-/m1/s1. The van der Waals surface area contributed by atoms with Crippen LogP contribution < -0.4 is 0 Å². The third-order valence-corrected chi connectivity index (χ3v) is 19.5. The van der Waals surface area contributed by atoms with Crippen LogP contribution in [0, 0.1) is 17.8 Å². The maximum absolute atomic E-state index is 13.1. The van der Waals surface area contributed by atoms with Gasteiger partial charge < -0.3 is 33.8 Å². The highest BCUT2D eigenvalue weighted by Gasteiger charge is 2.30. The summed E-state index contributed by atoms with van der Waals surface area (Å²) in [5, 5.41) is 10.6. The Labute approximate surface area is 581 Å². The largest absolute Gasteiger partial charge is 0.472 e. The van der Waals surface area contributed by atoms with E-state index in [4.69, 9.17) is 37.0 Å². The van der Waals surface area contributed by atoms with Crippen LogP contribution in [-0.2, 0) is 65.4 Å². The number of rotatable bonds is 74. The van der Waals surface area contributed by atoms with Crippen LogP contribution >= 0.6 is 15.6 Å². The van der Waals surface area contributed by atoms with E-state index in [9.17, 15) is 43.2 Å². The van der Waals surface area contributed by atoms with E-state index in [0.717, 1.165) is 108 Å². The summed E-state index contributed by atoms with van der Waals surface area (Å²) < 4.78 is 68.5. The lowest BCUT2D eigenvalue weighted by molar-refractivity contribution is -0.161. The van der Waals surface area contributed by atoms with Crippen LogP contribution in [0.1, 0.15) is 389 Å². The van der Waals surface area contributed by atoms with Gasteiger partial charge in [-0.2, -0.15) is 0 Å². The number of unbranched alkanes of at least 4 members (excludes halogenated alkanes) is 42. The predicted octanol–water partition coefficient (Wildman–Crippen LogP) is 22.2. The molecule has 0 radical (unpaired) electrons. The van der Waals surface area contributed by atoms with Crippen molar-refractivity contribution in [2.24, 2.45) is 17.8 Å². The van der Waals surface area contributed by atoms with E-state index in [1.807, 2.05) is 0 Å². The number of aliphatic hydroxyl groups is 1. The predicted molar refractivity (Wildman–Crippen MR) is 386 cm³/mol. The van der Waals surface area contributed by atoms with E-state index in [0.29, 0.717) is 31.6 Å². The Hall–Kier alpha value is -1.94. The Balaban J connectivity index is 5.23. The molecule has 17 nitrogen and oxygen atoms in total. The number of ether oxygens (including phenoxy) is 4. The summed E-state index contributed by atoms with van der Waals surface area (Å²) in [4.78, 5) is 72.8. The molecule has 0 saturated heterocycles. The molecular weight excluding hydrogens is 1250 g/mol. The number of esters is 4. The average molecular weight is 1400 g/mol. The second-order valence-electron chi connectivity index (χ2n) is 28.8. The van der Waals surface area contributed by atoms with Gasteiger partial charge in [0.05, 0.1) is 26.4 Å². The lowest BCUT2D eigenvalue weighted by atomic mass is 10.0. The number of hydrogen-bond donors (Lipinski definition) is 3. The third-order valence-electron chi connectivity index (χ3n) is 17.6. The van der Waals surface area contributed by atoms with Crippen LogP contribution in [0.2, 0.25) is 0 Å². The van der Waals surface area contributed by atoms with E-state index in [1.165, 1.54) is 193 Å². The van der Waals surface area contributed by atoms with Crippen molar-refractivity contribution in [3.05, 3.63) is 0 Å². The first-order valence-electron chi connectivity index (χ1n) is 39.3. The summed E-state index contributed by atoms with van der Waals surface area (Å²) in [7, 11) is -9.91. The maximum Gasteiger partial charge on any atom is 0.472 e. The zero-order chi connectivity index (χ0) is 70.1. The summed E-state index contributed by atoms with van der Waals surface area (Å²) >= 11 is 0. The second-order valence-corrected chi connectivity index (χ2v) is 31.7. The van der Waals surface area contributed by atoms with E-state index >= 15 is 0 Å². The average Bonchev–Trinajstić information content (AvgIpc) is 1.59. The minimum atomic E-state index is -4.96. The summed E-state index contributed by atoms with van der Waals surface area (Å²) in [5.41, 5.74) is 0. The first-order valence-corrected chi connectivity index (χ1v) is 42.3. The van der Waals surface area contributed by atoms with Crippen LogP contribution in [0.15, 0.2) is 0 Å². The van der Waals surface area contributed by atoms with Crippen LogP contribution in [0.5, 0.6) is 0 Å². The number of hydrogen-bond acceptors (Lipinski definition) is 15. The molecule has 0 heterocycles. The highest BCUT2D eigenvalue weighted by atomic mass is 31.2. The first kappa shape index (κ1) is 93.1. The Morgan fingerprint density at radius 3 is 0.716 bits per heavy atom. The van der Waals surface area contributed by atoms with Crippen molar-refractivity contribution in [3.63, 3.8) is 0 Å². The Morgan fingerprint density at radius 2 is 0.484 bits per heavy atom. The van der Waals surface area contributed by atoms with Gasteiger partial charge in [-0.25, -0.2) is 9.13 Å². The molecule has 0 rings (SSSR count). The van der Waals surface area contributed by atoms with Crippen molar-refractivity contribution in [1.29, 1.82) is 0 Å². The lowest BCUT2D eigenvalue weighted by Gasteiger charge is -2.21. The van der Waals surface area contributed by atoms with Crippen molar-refractivity contribution in [2.45, 2.75) is 407 Å². The maximum atomic E-state index is 13.1. The lowest BCUT2D eigenvalue weighted by Crippen LogP contribution is -2.30. The Bertz CT molecular complexity index is 1850. The van der Waals surface area contributed by atoms with Gasteiger partial charge in [-0.05, 0) is 43.4 Å². The van der Waals surface area contributed by atoms with E-state index in [1.54, 1.807) is 0 Å². The fourth-order valence-electron chi connectivity index (χ4n) is 11.6. The molecule has 0 aliphatic carbocycles. The molecule has 2 unspecified atom stereocenters. The number of carbonyl (C=O) groups is 4. The van der Waals surface area contributed by atoms with Gasteiger partial charge >= 0.3 is 39.5 Å². The van der Waals surface area contributed by atoms with Crippen LogP contribution in [0.4, 0.5) is 0 Å². The molecule has 0 amide bonds. The summed E-state index contributed by atoms with van der Waals surface area (Å²) in [5.74, 6) is 0.115. The van der Waals surface area contributed by atoms with Crippen LogP contribution in [-0.4, -0.2) is 96.7 Å². The first-order chi connectivity index (χ1) is 45.7. The highest BCUT2D eigenvalue weighted by Crippen LogP contribution is 2.45. The molecule has 564 valence electrons. The molecule has 0 aliphatic rings. The molecule has 0 fully saturated rings. The summed E-state index contributed by atoms with van der Waals surface area (Å²) in [6.07, 6.45) is 52.9. The number of aliphatic hydroxyl groups excluding tert-OH is 1. The zero-order valence-corrected chi connectivity index (χ0v) is 63.9. The monoisotopic (exact) mass is 1400 g/mol. The Morgan fingerprint density at radius 1 is 0.284 bits per heavy atom. The number of carbonyl (C=O) groups excluding carboxylic acids is 4. The molecular formula is C76H148O17P2. The SMILES string of the molecule is CCCCCCCCCCCCCCCCCC(=O)OC[C@H](COP(=O)(O)OC[C@@H](O)COP(=O)(O)OC[C@@H](COC(=O)CCCCCCCCC(C)C)OC(=O)CCCCCCCCCCCCC(C)C)OC(=O)CCCCCCCCCCCCCCCCCC(C)C. The molecule has 0 aliphatic heterocycles. The van der Waals surface area contributed by atoms with Crippen molar-refractivity contribution in [2.75, 3.05) is 39.6 Å². The van der Waals surface area contributed by atoms with Gasteiger partial charge in [0.15, 0.2) is 12.2 Å². The van der Waals surface area contributed by atoms with Gasteiger partial charge in [-0.3, -0.25) is 37.3 Å². The van der Waals surface area contributed by atoms with Crippen molar-refractivity contribution in [3.8, 4) is 0 Å². The second kappa shape index (κ2) is 66.6. The van der Waals surface area contributed by atoms with E-state index < -0.39 is 97.5 Å². The molecule has 0 bridgehead atoms. The molecule has 95 heavy (non-hydrogen) atoms. The van der Waals surface area contributed by atoms with E-state index in [-0.39, 0.29) is 25.7 Å². The van der Waals surface area contributed by atoms with Crippen molar-refractivity contribution >= 4 is 39.5 Å². The van der Waals surface area contributed by atoms with Gasteiger partial charge in [0.1, 0.15) is 19.3 Å². The van der Waals surface area contributed by atoms with E-state index in [2.05, 4.69) is 48.5 Å². The van der Waals surface area contributed by atoms with Crippen LogP contribution in [0.25, 0.3) is 0 Å². The Kier molecular flexibility index (Phi) is 65.2. The summed E-state index contributed by atoms with van der Waals surface area (Å²) in [6, 6.07) is 0. The molecule has 0 aromatic heterocycles.